The average Bonchev–Trinajstić information content (AvgIpc) is 2.37. The maximum atomic E-state index is 9.83. The Hall–Kier alpha value is -1.96. The van der Waals surface area contributed by atoms with Crippen molar-refractivity contribution >= 4 is 0 Å². The predicted molar refractivity (Wildman–Crippen MR) is 77.8 cm³/mol. The van der Waals surface area contributed by atoms with Crippen molar-refractivity contribution in [2.24, 2.45) is 0 Å². The standard InChI is InChI=1S/C17H20O2/c1-11-4-7-16(18)15(8-11)6-5-14-9-12(2)17(19)13(3)10-14/h4,7-10,18-19H,5-6H2,1-3H3. The van der Waals surface area contributed by atoms with E-state index in [2.05, 4.69) is 0 Å². The van der Waals surface area contributed by atoms with Gasteiger partial charge in [0.05, 0.1) is 0 Å². The van der Waals surface area contributed by atoms with Crippen molar-refractivity contribution in [3.8, 4) is 11.5 Å². The first-order chi connectivity index (χ1) is 8.97. The van der Waals surface area contributed by atoms with Crippen molar-refractivity contribution in [3.63, 3.8) is 0 Å². The molecule has 0 unspecified atom stereocenters. The summed E-state index contributed by atoms with van der Waals surface area (Å²) in [5, 5.41) is 19.6. The lowest BCUT2D eigenvalue weighted by atomic mass is 9.98. The second-order valence-corrected chi connectivity index (χ2v) is 5.21. The summed E-state index contributed by atoms with van der Waals surface area (Å²) >= 11 is 0. The third-order valence-corrected chi connectivity index (χ3v) is 3.47. The summed E-state index contributed by atoms with van der Waals surface area (Å²) in [6.45, 7) is 5.85. The van der Waals surface area contributed by atoms with E-state index < -0.39 is 0 Å². The van der Waals surface area contributed by atoms with Crippen molar-refractivity contribution in [1.29, 1.82) is 0 Å². The van der Waals surface area contributed by atoms with Crippen LogP contribution in [0.4, 0.5) is 0 Å². The van der Waals surface area contributed by atoms with E-state index >= 15 is 0 Å². The molecule has 2 aromatic rings. The minimum absolute atomic E-state index is 0.359. The Balaban J connectivity index is 2.17. The van der Waals surface area contributed by atoms with Gasteiger partial charge in [-0.2, -0.15) is 0 Å². The molecule has 0 saturated carbocycles. The largest absolute Gasteiger partial charge is 0.508 e. The lowest BCUT2D eigenvalue weighted by molar-refractivity contribution is 0.465. The smallest absolute Gasteiger partial charge is 0.121 e. The van der Waals surface area contributed by atoms with Crippen LogP contribution in [0, 0.1) is 20.8 Å². The molecule has 0 bridgehead atoms. The number of phenolic OH excluding ortho intramolecular Hbond substituents is 2. The molecular weight excluding hydrogens is 236 g/mol. The van der Waals surface area contributed by atoms with Gasteiger partial charge < -0.3 is 10.2 Å². The highest BCUT2D eigenvalue weighted by Crippen LogP contribution is 2.25. The molecule has 0 amide bonds. The molecule has 0 heterocycles. The van der Waals surface area contributed by atoms with Crippen LogP contribution in [0.3, 0.4) is 0 Å². The van der Waals surface area contributed by atoms with Gasteiger partial charge in [-0.3, -0.25) is 0 Å². The predicted octanol–water partition coefficient (Wildman–Crippen LogP) is 3.81. The monoisotopic (exact) mass is 256 g/mol. The molecule has 100 valence electrons. The molecule has 2 nitrogen and oxygen atoms in total. The fourth-order valence-corrected chi connectivity index (χ4v) is 2.38. The second-order valence-electron chi connectivity index (χ2n) is 5.21. The fraction of sp³-hybridized carbons (Fsp3) is 0.294. The Morgan fingerprint density at radius 3 is 2.11 bits per heavy atom. The maximum absolute atomic E-state index is 9.83. The maximum Gasteiger partial charge on any atom is 0.121 e. The van der Waals surface area contributed by atoms with E-state index in [0.29, 0.717) is 11.5 Å². The zero-order valence-corrected chi connectivity index (χ0v) is 11.7. The molecule has 0 aliphatic heterocycles. The van der Waals surface area contributed by atoms with Gasteiger partial charge in [0.2, 0.25) is 0 Å². The van der Waals surface area contributed by atoms with Crippen molar-refractivity contribution in [2.75, 3.05) is 0 Å². The number of benzene rings is 2. The van der Waals surface area contributed by atoms with Gasteiger partial charge in [-0.05, 0) is 61.9 Å². The van der Waals surface area contributed by atoms with E-state index in [-0.39, 0.29) is 0 Å². The highest BCUT2D eigenvalue weighted by Gasteiger charge is 2.06. The van der Waals surface area contributed by atoms with Crippen LogP contribution in [0.5, 0.6) is 11.5 Å². The van der Waals surface area contributed by atoms with Crippen LogP contribution in [0.2, 0.25) is 0 Å². The number of aromatic hydroxyl groups is 2. The summed E-state index contributed by atoms with van der Waals surface area (Å²) in [4.78, 5) is 0. The third kappa shape index (κ3) is 3.08. The zero-order chi connectivity index (χ0) is 14.0. The minimum Gasteiger partial charge on any atom is -0.508 e. The average molecular weight is 256 g/mol. The number of aryl methyl sites for hydroxylation is 5. The summed E-state index contributed by atoms with van der Waals surface area (Å²) < 4.78 is 0. The van der Waals surface area contributed by atoms with Gasteiger partial charge in [0.15, 0.2) is 0 Å². The van der Waals surface area contributed by atoms with Gasteiger partial charge in [-0.25, -0.2) is 0 Å². The number of rotatable bonds is 3. The summed E-state index contributed by atoms with van der Waals surface area (Å²) in [7, 11) is 0. The van der Waals surface area contributed by atoms with Crippen molar-refractivity contribution < 1.29 is 10.2 Å². The number of phenols is 2. The van der Waals surface area contributed by atoms with Crippen LogP contribution in [0.15, 0.2) is 30.3 Å². The van der Waals surface area contributed by atoms with Gasteiger partial charge in [0.1, 0.15) is 11.5 Å². The summed E-state index contributed by atoms with van der Waals surface area (Å²) in [5.74, 6) is 0.736. The Labute approximate surface area is 114 Å². The fourth-order valence-electron chi connectivity index (χ4n) is 2.38. The molecule has 0 saturated heterocycles. The normalized spacial score (nSPS) is 10.7. The highest BCUT2D eigenvalue weighted by atomic mass is 16.3. The third-order valence-electron chi connectivity index (χ3n) is 3.47. The number of hydrogen-bond donors (Lipinski definition) is 2. The van der Waals surface area contributed by atoms with E-state index in [4.69, 9.17) is 0 Å². The Kier molecular flexibility index (Phi) is 3.79. The van der Waals surface area contributed by atoms with E-state index in [0.717, 1.165) is 35.1 Å². The van der Waals surface area contributed by atoms with E-state index in [1.807, 2.05) is 45.0 Å². The molecular formula is C17H20O2. The lowest BCUT2D eigenvalue weighted by Crippen LogP contribution is -1.94. The zero-order valence-electron chi connectivity index (χ0n) is 11.7. The molecule has 0 aliphatic rings. The van der Waals surface area contributed by atoms with E-state index in [1.54, 1.807) is 6.07 Å². The SMILES string of the molecule is Cc1ccc(O)c(CCc2cc(C)c(O)c(C)c2)c1. The Bertz CT molecular complexity index is 577. The molecule has 0 radical (unpaired) electrons. The Morgan fingerprint density at radius 1 is 0.842 bits per heavy atom. The van der Waals surface area contributed by atoms with Gasteiger partial charge >= 0.3 is 0 Å². The van der Waals surface area contributed by atoms with Crippen molar-refractivity contribution in [3.05, 3.63) is 58.1 Å². The molecule has 0 aliphatic carbocycles. The summed E-state index contributed by atoms with van der Waals surface area (Å²) in [6, 6.07) is 9.70. The molecule has 0 fully saturated rings. The van der Waals surface area contributed by atoms with Crippen molar-refractivity contribution in [2.45, 2.75) is 33.6 Å². The minimum atomic E-state index is 0.359. The Morgan fingerprint density at radius 2 is 1.47 bits per heavy atom. The molecule has 2 N–H and O–H groups in total. The van der Waals surface area contributed by atoms with Gasteiger partial charge in [-0.15, -0.1) is 0 Å². The first-order valence-electron chi connectivity index (χ1n) is 6.55. The van der Waals surface area contributed by atoms with Crippen LogP contribution < -0.4 is 0 Å². The van der Waals surface area contributed by atoms with Gasteiger partial charge in [0.25, 0.3) is 0 Å². The molecule has 0 spiro atoms. The molecule has 0 atom stereocenters. The van der Waals surface area contributed by atoms with Crippen molar-refractivity contribution in [1.82, 2.24) is 0 Å². The van der Waals surface area contributed by atoms with Crippen LogP contribution in [-0.2, 0) is 12.8 Å². The first kappa shape index (κ1) is 13.5. The summed E-state index contributed by atoms with van der Waals surface area (Å²) in [6.07, 6.45) is 1.66. The molecule has 2 heteroatoms. The van der Waals surface area contributed by atoms with E-state index in [1.165, 1.54) is 5.56 Å². The van der Waals surface area contributed by atoms with Crippen LogP contribution >= 0.6 is 0 Å². The van der Waals surface area contributed by atoms with Crippen LogP contribution in [-0.4, -0.2) is 10.2 Å². The van der Waals surface area contributed by atoms with E-state index in [9.17, 15) is 10.2 Å². The van der Waals surface area contributed by atoms with Crippen LogP contribution in [0.25, 0.3) is 0 Å². The highest BCUT2D eigenvalue weighted by molar-refractivity contribution is 5.43. The van der Waals surface area contributed by atoms with Gasteiger partial charge in [-0.1, -0.05) is 29.8 Å². The van der Waals surface area contributed by atoms with Crippen LogP contribution in [0.1, 0.15) is 27.8 Å². The second kappa shape index (κ2) is 5.35. The molecule has 2 rings (SSSR count). The topological polar surface area (TPSA) is 40.5 Å². The summed E-state index contributed by atoms with van der Waals surface area (Å²) in [5.41, 5.74) is 5.13. The lowest BCUT2D eigenvalue weighted by Gasteiger charge is -2.09. The quantitative estimate of drug-likeness (QED) is 0.876. The van der Waals surface area contributed by atoms with Gasteiger partial charge in [0, 0.05) is 0 Å². The first-order valence-corrected chi connectivity index (χ1v) is 6.55. The number of hydrogen-bond acceptors (Lipinski definition) is 2. The molecule has 0 aromatic heterocycles. The molecule has 2 aromatic carbocycles. The molecule has 19 heavy (non-hydrogen) atoms.